The Bertz CT molecular complexity index is 2390. The second kappa shape index (κ2) is 27.7. The molecule has 1 aromatic carbocycles. The summed E-state index contributed by atoms with van der Waals surface area (Å²) < 4.78 is 15.8. The highest BCUT2D eigenvalue weighted by atomic mass is 128. The Kier molecular flexibility index (Phi) is 24.6. The van der Waals surface area contributed by atoms with Crippen LogP contribution < -0.4 is 10.1 Å². The molecule has 4 rings (SSSR count). The largest absolute Gasteiger partial charge is 0.479 e. The molecule has 0 bridgehead atoms. The lowest BCUT2D eigenvalue weighted by atomic mass is 9.72. The molecule has 1 saturated heterocycles. The molecule has 1 fully saturated rings. The highest BCUT2D eigenvalue weighted by molar-refractivity contribution is 15.0. The highest BCUT2D eigenvalue weighted by Crippen LogP contribution is 2.44. The van der Waals surface area contributed by atoms with Gasteiger partial charge < -0.3 is 40.0 Å². The number of aliphatic carboxylic acids is 1. The molecule has 5 unspecified atom stereocenters. The summed E-state index contributed by atoms with van der Waals surface area (Å²) in [7, 11) is 0. The van der Waals surface area contributed by atoms with Crippen molar-refractivity contribution in [2.75, 3.05) is 5.32 Å². The van der Waals surface area contributed by atoms with Crippen molar-refractivity contribution in [3.63, 3.8) is 0 Å². The quantitative estimate of drug-likeness (QED) is 0.0392. The molecule has 0 aromatic heterocycles. The molecule has 5 N–H and O–H groups in total. The number of aliphatic hydroxyl groups excluding tert-OH is 1. The Morgan fingerprint density at radius 1 is 0.690 bits per heavy atom. The van der Waals surface area contributed by atoms with E-state index in [1.165, 1.54) is 67.4 Å². The predicted molar refractivity (Wildman–Crippen MR) is 301 cm³/mol. The molecular formula is C57H77I2NO11. The van der Waals surface area contributed by atoms with Gasteiger partial charge in [0.15, 0.2) is 11.2 Å². The summed E-state index contributed by atoms with van der Waals surface area (Å²) in [6.45, 7) is 25.8. The molecule has 0 radical (unpaired) electrons. The minimum absolute atomic E-state index is 0.148. The van der Waals surface area contributed by atoms with Gasteiger partial charge in [0.2, 0.25) is 12.2 Å². The SMILES string of the molecule is CC(=O)Nc1ccc(OC(=O)/C=C(C)/C=C/C=C(C)/C=C/C2=C(C)CCCC2(C)C)cc1.CC1=C(/C=C/C(C)=C/C=C/C(C)=C/C(=O)OC2OC(C)(C(=O)O)C(C)(O)C(O)C2(C)O)C(C)(C)CCC1.II. The Hall–Kier alpha value is -4.20. The third-order valence-electron chi connectivity index (χ3n) is 13.1. The Morgan fingerprint density at radius 2 is 1.13 bits per heavy atom. The fourth-order valence-corrected chi connectivity index (χ4v) is 8.65. The van der Waals surface area contributed by atoms with Crippen molar-refractivity contribution in [3.8, 4) is 5.75 Å². The maximum Gasteiger partial charge on any atom is 0.338 e. The van der Waals surface area contributed by atoms with Gasteiger partial charge in [0, 0.05) is 62.0 Å². The number of esters is 2. The first-order valence-corrected chi connectivity index (χ1v) is 30.0. The first kappa shape index (κ1) is 62.9. The number of carboxylic acids is 1. The summed E-state index contributed by atoms with van der Waals surface area (Å²) in [6, 6.07) is 6.66. The van der Waals surface area contributed by atoms with E-state index >= 15 is 0 Å². The van der Waals surface area contributed by atoms with Crippen LogP contribution in [0.5, 0.6) is 5.75 Å². The summed E-state index contributed by atoms with van der Waals surface area (Å²) in [5, 5.41) is 43.9. The number of carbonyl (C=O) groups excluding carboxylic acids is 3. The van der Waals surface area contributed by atoms with Gasteiger partial charge in [-0.25, -0.2) is 14.4 Å². The number of aliphatic hydroxyl groups is 3. The van der Waals surface area contributed by atoms with Gasteiger partial charge in [-0.3, -0.25) is 4.79 Å². The van der Waals surface area contributed by atoms with E-state index in [0.29, 0.717) is 17.0 Å². The summed E-state index contributed by atoms with van der Waals surface area (Å²) in [5.41, 5.74) is 3.34. The van der Waals surface area contributed by atoms with Gasteiger partial charge in [-0.1, -0.05) is 111 Å². The molecule has 71 heavy (non-hydrogen) atoms. The lowest BCUT2D eigenvalue weighted by molar-refractivity contribution is -0.369. The average molecular weight is 1210 g/mol. The second-order valence-electron chi connectivity index (χ2n) is 20.5. The van der Waals surface area contributed by atoms with Gasteiger partial charge in [-0.15, -0.1) is 0 Å². The minimum atomic E-state index is -2.36. The molecule has 3 aliphatic rings. The molecule has 1 amide bonds. The molecule has 0 spiro atoms. The van der Waals surface area contributed by atoms with Crippen LogP contribution in [0.3, 0.4) is 0 Å². The van der Waals surface area contributed by atoms with Gasteiger partial charge in [-0.05, 0) is 158 Å². The molecule has 1 heterocycles. The number of hydrogen-bond donors (Lipinski definition) is 5. The Morgan fingerprint density at radius 3 is 1.54 bits per heavy atom. The number of anilines is 1. The van der Waals surface area contributed by atoms with Gasteiger partial charge in [0.25, 0.3) is 0 Å². The first-order valence-electron chi connectivity index (χ1n) is 23.7. The van der Waals surface area contributed by atoms with E-state index < -0.39 is 47.1 Å². The normalized spacial score (nSPS) is 26.2. The lowest BCUT2D eigenvalue weighted by Crippen LogP contribution is -2.77. The van der Waals surface area contributed by atoms with Crippen LogP contribution in [-0.2, 0) is 28.7 Å². The van der Waals surface area contributed by atoms with Crippen molar-refractivity contribution in [3.05, 3.63) is 142 Å². The van der Waals surface area contributed by atoms with Gasteiger partial charge in [-0.2, -0.15) is 0 Å². The van der Waals surface area contributed by atoms with Crippen molar-refractivity contribution in [2.45, 2.75) is 165 Å². The van der Waals surface area contributed by atoms with E-state index in [2.05, 4.69) is 115 Å². The van der Waals surface area contributed by atoms with Crippen LogP contribution in [0.15, 0.2) is 142 Å². The number of ether oxygens (including phenoxy) is 3. The molecule has 1 aliphatic heterocycles. The molecule has 5 atom stereocenters. The number of nitrogens with one attached hydrogen (secondary N) is 1. The first-order chi connectivity index (χ1) is 32.9. The van der Waals surface area contributed by atoms with Crippen LogP contribution in [0.4, 0.5) is 5.69 Å². The van der Waals surface area contributed by atoms with Crippen molar-refractivity contribution in [2.24, 2.45) is 10.8 Å². The zero-order valence-electron chi connectivity index (χ0n) is 44.0. The number of carboxylic acid groups (broad SMARTS) is 1. The van der Waals surface area contributed by atoms with E-state index in [1.54, 1.807) is 43.3 Å². The van der Waals surface area contributed by atoms with Crippen molar-refractivity contribution in [1.29, 1.82) is 0 Å². The molecule has 12 nitrogen and oxygen atoms in total. The fraction of sp³-hybridized carbons (Fsp3) is 0.474. The number of benzene rings is 1. The van der Waals surface area contributed by atoms with E-state index in [-0.39, 0.29) is 16.7 Å². The number of rotatable bonds is 14. The third-order valence-corrected chi connectivity index (χ3v) is 13.1. The monoisotopic (exact) mass is 1210 g/mol. The Balaban J connectivity index is 0.000000475. The van der Waals surface area contributed by atoms with Crippen LogP contribution in [0, 0.1) is 10.8 Å². The van der Waals surface area contributed by atoms with Gasteiger partial charge in [0.05, 0.1) is 0 Å². The fourth-order valence-electron chi connectivity index (χ4n) is 8.65. The van der Waals surface area contributed by atoms with Crippen molar-refractivity contribution in [1.82, 2.24) is 0 Å². The number of allylic oxidation sites excluding steroid dienone is 18. The molecule has 0 saturated carbocycles. The standard InChI is InChI=1S/C29H42O8.C28H35NO3.I2/c1-18(14-15-21-20(3)13-10-16-26(21,4)5)11-9-12-19(2)17-22(30)36-25-27(6,34)23(31)28(7,35)29(8,37-25)24(32)33;1-20(12-17-26-22(3)11-8-18-28(26,5)6)9-7-10-21(2)19-27(31)32-25-15-13-24(14-16-25)29-23(4)30;1-2/h9,11-12,14-15,17,23,25,31,34-35H,10,13,16H2,1-8H3,(H,32,33);7,9-10,12-17,19H,8,11,18H2,1-6H3,(H,29,30);/b12-9+,15-14+,18-11+,19-17+;10-7+,17-12+,20-9+,21-19+;. The maximum absolute atomic E-state index is 12.5. The Labute approximate surface area is 445 Å². The zero-order chi connectivity index (χ0) is 54.1. The summed E-state index contributed by atoms with van der Waals surface area (Å²) >= 11 is 4.24. The molecule has 14 heteroatoms. The van der Waals surface area contributed by atoms with Crippen molar-refractivity contribution < 1.29 is 53.8 Å². The smallest absolute Gasteiger partial charge is 0.338 e. The predicted octanol–water partition coefficient (Wildman–Crippen LogP) is 13.0. The maximum atomic E-state index is 12.5. The van der Waals surface area contributed by atoms with Crippen LogP contribution >= 0.6 is 37.2 Å². The number of amides is 1. The minimum Gasteiger partial charge on any atom is -0.479 e. The zero-order valence-corrected chi connectivity index (χ0v) is 48.4. The average Bonchev–Trinajstić information content (AvgIpc) is 3.25. The summed E-state index contributed by atoms with van der Waals surface area (Å²) in [4.78, 5) is 47.4. The van der Waals surface area contributed by atoms with E-state index in [0.717, 1.165) is 50.0 Å². The highest BCUT2D eigenvalue weighted by Gasteiger charge is 2.68. The summed E-state index contributed by atoms with van der Waals surface area (Å²) in [5.74, 6) is -2.66. The molecule has 1 aromatic rings. The number of carbonyl (C=O) groups is 4. The number of hydrogen-bond acceptors (Lipinski definition) is 10. The van der Waals surface area contributed by atoms with Crippen LogP contribution in [0.1, 0.15) is 135 Å². The molecule has 2 aliphatic carbocycles. The van der Waals surface area contributed by atoms with Crippen LogP contribution in [-0.4, -0.2) is 73.4 Å². The van der Waals surface area contributed by atoms with Crippen molar-refractivity contribution >= 4 is 66.7 Å². The lowest BCUT2D eigenvalue weighted by Gasteiger charge is -2.54. The molecular weight excluding hydrogens is 1130 g/mol. The second-order valence-corrected chi connectivity index (χ2v) is 20.5. The topological polar surface area (TPSA) is 189 Å². The van der Waals surface area contributed by atoms with Gasteiger partial charge in [0.1, 0.15) is 17.5 Å². The summed E-state index contributed by atoms with van der Waals surface area (Å²) in [6.07, 6.45) is 25.9. The van der Waals surface area contributed by atoms with Crippen LogP contribution in [0.2, 0.25) is 0 Å². The van der Waals surface area contributed by atoms with E-state index in [1.807, 2.05) is 38.2 Å². The van der Waals surface area contributed by atoms with Gasteiger partial charge >= 0.3 is 17.9 Å². The third kappa shape index (κ3) is 18.7. The van der Waals surface area contributed by atoms with Crippen LogP contribution in [0.25, 0.3) is 0 Å². The van der Waals surface area contributed by atoms with E-state index in [4.69, 9.17) is 14.2 Å². The number of halogens is 2. The van der Waals surface area contributed by atoms with E-state index in [9.17, 15) is 39.6 Å². The molecule has 390 valence electrons.